The van der Waals surface area contributed by atoms with E-state index in [0.717, 1.165) is 0 Å². The molecule has 0 saturated carbocycles. The zero-order valence-electron chi connectivity index (χ0n) is 11.9. The van der Waals surface area contributed by atoms with Crippen molar-refractivity contribution in [2.45, 2.75) is 17.9 Å². The van der Waals surface area contributed by atoms with Gasteiger partial charge in [-0.1, -0.05) is 23.2 Å². The number of carbonyl (C=O) groups is 1. The van der Waals surface area contributed by atoms with Crippen LogP contribution in [0.1, 0.15) is 6.92 Å². The molecular formula is C13H16Cl2N2O4S. The van der Waals surface area contributed by atoms with Crippen LogP contribution < -0.4 is 4.72 Å². The average molecular weight is 367 g/mol. The summed E-state index contributed by atoms with van der Waals surface area (Å²) in [6, 6.07) is 3.10. The lowest BCUT2D eigenvalue weighted by Crippen LogP contribution is -2.50. The summed E-state index contributed by atoms with van der Waals surface area (Å²) in [7, 11) is -3.85. The second-order valence-electron chi connectivity index (χ2n) is 4.86. The van der Waals surface area contributed by atoms with Gasteiger partial charge in [-0.05, 0) is 25.1 Å². The van der Waals surface area contributed by atoms with E-state index in [2.05, 4.69) is 4.72 Å². The van der Waals surface area contributed by atoms with Crippen molar-refractivity contribution in [2.75, 3.05) is 26.3 Å². The maximum atomic E-state index is 12.3. The summed E-state index contributed by atoms with van der Waals surface area (Å²) in [4.78, 5) is 13.8. The summed E-state index contributed by atoms with van der Waals surface area (Å²) in [5.74, 6) is -0.285. The number of ether oxygens (including phenoxy) is 1. The Hall–Kier alpha value is -0.860. The van der Waals surface area contributed by atoms with Crippen molar-refractivity contribution in [3.63, 3.8) is 0 Å². The number of benzene rings is 1. The minimum Gasteiger partial charge on any atom is -0.378 e. The number of hydrogen-bond donors (Lipinski definition) is 1. The van der Waals surface area contributed by atoms with Gasteiger partial charge in [-0.2, -0.15) is 4.72 Å². The summed E-state index contributed by atoms with van der Waals surface area (Å²) in [5.41, 5.74) is 0. The SMILES string of the molecule is C[C@@H](NS(=O)(=O)c1ccc(Cl)c(Cl)c1)C(=O)N1CCOCC1. The van der Waals surface area contributed by atoms with Crippen molar-refractivity contribution < 1.29 is 17.9 Å². The molecule has 0 bridgehead atoms. The number of halogens is 2. The normalized spacial score (nSPS) is 17.3. The van der Waals surface area contributed by atoms with E-state index >= 15 is 0 Å². The van der Waals surface area contributed by atoms with E-state index in [1.807, 2.05) is 0 Å². The average Bonchev–Trinajstić information content (AvgIpc) is 2.49. The van der Waals surface area contributed by atoms with Crippen molar-refractivity contribution in [2.24, 2.45) is 0 Å². The quantitative estimate of drug-likeness (QED) is 0.876. The van der Waals surface area contributed by atoms with Crippen molar-refractivity contribution in [1.29, 1.82) is 0 Å². The van der Waals surface area contributed by atoms with Gasteiger partial charge in [0.1, 0.15) is 0 Å². The number of morpholine rings is 1. The zero-order valence-corrected chi connectivity index (χ0v) is 14.2. The van der Waals surface area contributed by atoms with Gasteiger partial charge in [-0.15, -0.1) is 0 Å². The Labute approximate surface area is 139 Å². The number of rotatable bonds is 4. The van der Waals surface area contributed by atoms with Gasteiger partial charge in [0.2, 0.25) is 15.9 Å². The maximum Gasteiger partial charge on any atom is 0.241 e. The molecule has 1 aliphatic rings. The number of sulfonamides is 1. The Morgan fingerprint density at radius 3 is 2.50 bits per heavy atom. The first-order valence-corrected chi connectivity index (χ1v) is 8.89. The predicted octanol–water partition coefficient (Wildman–Crippen LogP) is 1.52. The molecule has 0 aromatic heterocycles. The second kappa shape index (κ2) is 7.14. The smallest absolute Gasteiger partial charge is 0.241 e. The third-order valence-electron chi connectivity index (χ3n) is 3.23. The molecule has 1 aromatic rings. The molecule has 0 aliphatic carbocycles. The highest BCUT2D eigenvalue weighted by Gasteiger charge is 2.27. The summed E-state index contributed by atoms with van der Waals surface area (Å²) >= 11 is 11.6. The van der Waals surface area contributed by atoms with Crippen LogP contribution in [0.4, 0.5) is 0 Å². The molecule has 2 rings (SSSR count). The fraction of sp³-hybridized carbons (Fsp3) is 0.462. The molecular weight excluding hydrogens is 351 g/mol. The van der Waals surface area contributed by atoms with E-state index in [1.165, 1.54) is 25.1 Å². The molecule has 1 heterocycles. The molecule has 1 amide bonds. The third kappa shape index (κ3) is 4.11. The van der Waals surface area contributed by atoms with Gasteiger partial charge in [-0.3, -0.25) is 4.79 Å². The molecule has 9 heteroatoms. The highest BCUT2D eigenvalue weighted by Crippen LogP contribution is 2.24. The van der Waals surface area contributed by atoms with Crippen molar-refractivity contribution in [3.8, 4) is 0 Å². The standard InChI is InChI=1S/C13H16Cl2N2O4S/c1-9(13(18)17-4-6-21-7-5-17)16-22(19,20)10-2-3-11(14)12(15)8-10/h2-3,8-9,16H,4-7H2,1H3/t9-/m1/s1. The van der Waals surface area contributed by atoms with Crippen molar-refractivity contribution in [3.05, 3.63) is 28.2 Å². The maximum absolute atomic E-state index is 12.3. The molecule has 0 unspecified atom stereocenters. The number of nitrogens with zero attached hydrogens (tertiary/aromatic N) is 1. The molecule has 0 radical (unpaired) electrons. The first kappa shape index (κ1) is 17.5. The summed E-state index contributed by atoms with van der Waals surface area (Å²) in [6.07, 6.45) is 0. The van der Waals surface area contributed by atoms with E-state index in [0.29, 0.717) is 26.3 Å². The Kier molecular flexibility index (Phi) is 5.68. The van der Waals surface area contributed by atoms with Crippen LogP contribution in [0.5, 0.6) is 0 Å². The van der Waals surface area contributed by atoms with Gasteiger partial charge in [-0.25, -0.2) is 8.42 Å². The molecule has 1 saturated heterocycles. The molecule has 1 N–H and O–H groups in total. The lowest BCUT2D eigenvalue weighted by atomic mass is 10.3. The summed E-state index contributed by atoms with van der Waals surface area (Å²) in [6.45, 7) is 3.33. The van der Waals surface area contributed by atoms with Gasteiger partial charge >= 0.3 is 0 Å². The molecule has 6 nitrogen and oxygen atoms in total. The van der Waals surface area contributed by atoms with Gasteiger partial charge in [0.15, 0.2) is 0 Å². The van der Waals surface area contributed by atoms with Crippen molar-refractivity contribution >= 4 is 39.1 Å². The first-order valence-electron chi connectivity index (χ1n) is 6.65. The van der Waals surface area contributed by atoms with Crippen LogP contribution in [0.3, 0.4) is 0 Å². The third-order valence-corrected chi connectivity index (χ3v) is 5.50. The Balaban J connectivity index is 2.10. The lowest BCUT2D eigenvalue weighted by molar-refractivity contribution is -0.136. The lowest BCUT2D eigenvalue weighted by Gasteiger charge is -2.29. The monoisotopic (exact) mass is 366 g/mol. The van der Waals surface area contributed by atoms with Crippen LogP contribution in [0.15, 0.2) is 23.1 Å². The van der Waals surface area contributed by atoms with Gasteiger partial charge in [0.25, 0.3) is 0 Å². The number of amides is 1. The van der Waals surface area contributed by atoms with E-state index in [4.69, 9.17) is 27.9 Å². The number of carbonyl (C=O) groups excluding carboxylic acids is 1. The van der Waals surface area contributed by atoms with E-state index in [-0.39, 0.29) is 20.8 Å². The van der Waals surface area contributed by atoms with E-state index in [9.17, 15) is 13.2 Å². The molecule has 122 valence electrons. The highest BCUT2D eigenvalue weighted by atomic mass is 35.5. The molecule has 1 fully saturated rings. The largest absolute Gasteiger partial charge is 0.378 e. The Bertz CT molecular complexity index is 660. The highest BCUT2D eigenvalue weighted by molar-refractivity contribution is 7.89. The minimum absolute atomic E-state index is 0.0384. The number of nitrogens with one attached hydrogen (secondary N) is 1. The van der Waals surface area contributed by atoms with Crippen LogP contribution in [-0.2, 0) is 19.6 Å². The van der Waals surface area contributed by atoms with Crippen LogP contribution in [0.25, 0.3) is 0 Å². The zero-order chi connectivity index (χ0) is 16.3. The summed E-state index contributed by atoms with van der Waals surface area (Å²) in [5, 5.41) is 0.398. The topological polar surface area (TPSA) is 75.7 Å². The van der Waals surface area contributed by atoms with Crippen LogP contribution >= 0.6 is 23.2 Å². The fourth-order valence-corrected chi connectivity index (χ4v) is 3.64. The van der Waals surface area contributed by atoms with Crippen LogP contribution in [0, 0.1) is 0 Å². The molecule has 1 aliphatic heterocycles. The Morgan fingerprint density at radius 1 is 1.27 bits per heavy atom. The molecule has 22 heavy (non-hydrogen) atoms. The van der Waals surface area contributed by atoms with Crippen molar-refractivity contribution in [1.82, 2.24) is 9.62 Å². The van der Waals surface area contributed by atoms with Crippen LogP contribution in [-0.4, -0.2) is 51.6 Å². The summed E-state index contributed by atoms with van der Waals surface area (Å²) < 4.78 is 32.1. The minimum atomic E-state index is -3.85. The molecule has 1 aromatic carbocycles. The van der Waals surface area contributed by atoms with Gasteiger partial charge in [0.05, 0.1) is 34.2 Å². The van der Waals surface area contributed by atoms with Crippen LogP contribution in [0.2, 0.25) is 10.0 Å². The Morgan fingerprint density at radius 2 is 1.91 bits per heavy atom. The van der Waals surface area contributed by atoms with E-state index in [1.54, 1.807) is 4.90 Å². The molecule has 1 atom stereocenters. The fourth-order valence-electron chi connectivity index (χ4n) is 2.05. The van der Waals surface area contributed by atoms with Gasteiger partial charge in [0, 0.05) is 13.1 Å². The first-order chi connectivity index (χ1) is 10.3. The van der Waals surface area contributed by atoms with E-state index < -0.39 is 16.1 Å². The molecule has 0 spiro atoms. The second-order valence-corrected chi connectivity index (χ2v) is 7.38. The van der Waals surface area contributed by atoms with Gasteiger partial charge < -0.3 is 9.64 Å². The predicted molar refractivity (Wildman–Crippen MR) is 83.6 cm³/mol. The number of hydrogen-bond acceptors (Lipinski definition) is 4.